The summed E-state index contributed by atoms with van der Waals surface area (Å²) >= 11 is 0. The van der Waals surface area contributed by atoms with Crippen LogP contribution in [-0.2, 0) is 0 Å². The molecule has 158 valence electrons. The third kappa shape index (κ3) is 1.66. The molecule has 10 rings (SSSR count). The van der Waals surface area contributed by atoms with Crippen LogP contribution in [0.2, 0.25) is 0 Å². The van der Waals surface area contributed by atoms with Crippen LogP contribution in [-0.4, -0.2) is 11.4 Å². The van der Waals surface area contributed by atoms with Crippen LogP contribution in [0, 0.1) is 0 Å². The van der Waals surface area contributed by atoms with Gasteiger partial charge in [0.05, 0.1) is 0 Å². The molecule has 0 aromatic heterocycles. The summed E-state index contributed by atoms with van der Waals surface area (Å²) in [6, 6.07) is 26.2. The SMILES string of the molecule is O=C1c2cc3ccc4cc5c6ccccc6cc6ccc7cc(c2C2=C(N=N2)C12N=N2)c3c4c7c65. The van der Waals surface area contributed by atoms with Gasteiger partial charge in [-0.1, -0.05) is 48.5 Å². The molecule has 1 spiro atoms. The van der Waals surface area contributed by atoms with Gasteiger partial charge in [0.2, 0.25) is 5.78 Å². The van der Waals surface area contributed by atoms with E-state index in [2.05, 4.69) is 87.2 Å². The topological polar surface area (TPSA) is 66.5 Å². The van der Waals surface area contributed by atoms with Crippen molar-refractivity contribution in [1.29, 1.82) is 0 Å². The third-order valence-corrected chi connectivity index (χ3v) is 8.23. The Bertz CT molecular complexity index is 2280. The molecule has 1 aliphatic carbocycles. The minimum absolute atomic E-state index is 0.0983. The lowest BCUT2D eigenvalue weighted by Gasteiger charge is -2.27. The molecule has 0 amide bonds. The summed E-state index contributed by atoms with van der Waals surface area (Å²) in [6.07, 6.45) is 0. The van der Waals surface area contributed by atoms with E-state index in [-0.39, 0.29) is 5.78 Å². The Hall–Kier alpha value is -4.77. The number of ketones is 1. The zero-order chi connectivity index (χ0) is 22.6. The van der Waals surface area contributed by atoms with E-state index < -0.39 is 5.66 Å². The number of benzene rings is 7. The molecular weight excluding hydrogens is 432 g/mol. The number of carbonyl (C=O) groups excluding carboxylic acids is 1. The molecule has 0 radical (unpaired) electrons. The molecule has 0 bridgehead atoms. The Morgan fingerprint density at radius 3 is 1.94 bits per heavy atom. The maximum Gasteiger partial charge on any atom is 0.298 e. The van der Waals surface area contributed by atoms with Crippen molar-refractivity contribution < 1.29 is 4.79 Å². The quantitative estimate of drug-likeness (QED) is 0.173. The average molecular weight is 444 g/mol. The predicted molar refractivity (Wildman–Crippen MR) is 138 cm³/mol. The summed E-state index contributed by atoms with van der Waals surface area (Å²) in [5.41, 5.74) is 1.71. The number of Topliss-reactive ketones (excluding diaryl/α,β-unsaturated/α-hetero) is 1. The Labute approximate surface area is 196 Å². The van der Waals surface area contributed by atoms with Gasteiger partial charge in [0.25, 0.3) is 5.66 Å². The summed E-state index contributed by atoms with van der Waals surface area (Å²) < 4.78 is 0. The number of fused-ring (bicyclic) bond motifs is 6. The molecule has 3 aliphatic rings. The first kappa shape index (κ1) is 16.8. The monoisotopic (exact) mass is 444 g/mol. The van der Waals surface area contributed by atoms with E-state index in [1.807, 2.05) is 6.07 Å². The first-order valence-corrected chi connectivity index (χ1v) is 11.7. The van der Waals surface area contributed by atoms with E-state index in [0.29, 0.717) is 11.3 Å². The Kier molecular flexibility index (Phi) is 2.40. The molecule has 7 aromatic rings. The van der Waals surface area contributed by atoms with Gasteiger partial charge in [0.1, 0.15) is 5.70 Å². The molecule has 5 heteroatoms. The minimum Gasteiger partial charge on any atom is -0.289 e. The zero-order valence-corrected chi connectivity index (χ0v) is 18.1. The van der Waals surface area contributed by atoms with Gasteiger partial charge in [-0.3, -0.25) is 4.79 Å². The highest BCUT2D eigenvalue weighted by molar-refractivity contribution is 6.40. The van der Waals surface area contributed by atoms with Crippen LogP contribution < -0.4 is 0 Å². The van der Waals surface area contributed by atoms with Gasteiger partial charge in [-0.05, 0) is 88.9 Å². The van der Waals surface area contributed by atoms with Crippen LogP contribution in [0.25, 0.3) is 70.3 Å². The van der Waals surface area contributed by atoms with Gasteiger partial charge < -0.3 is 0 Å². The van der Waals surface area contributed by atoms with Gasteiger partial charge in [0.15, 0.2) is 5.70 Å². The molecule has 2 aliphatic heterocycles. The predicted octanol–water partition coefficient (Wildman–Crippen LogP) is 7.97. The van der Waals surface area contributed by atoms with Gasteiger partial charge in [0, 0.05) is 11.1 Å². The van der Waals surface area contributed by atoms with Crippen LogP contribution in [0.3, 0.4) is 0 Å². The number of hydrogen-bond donors (Lipinski definition) is 0. The molecule has 0 fully saturated rings. The highest BCUT2D eigenvalue weighted by Crippen LogP contribution is 2.55. The number of azo groups is 1. The Morgan fingerprint density at radius 2 is 1.23 bits per heavy atom. The standard InChI is InChI=1S/C30H12N4O/c35-29-21-12-15-6-8-16-10-19-18-4-2-1-3-13(18)9-14-5-7-17-11-20(23(15)25(16)24(17)22(14)19)26(21)27-28(32-31-27)30(29)33-34-30/h1-12H. The second kappa shape index (κ2) is 5.00. The second-order valence-electron chi connectivity index (χ2n) is 9.87. The fourth-order valence-electron chi connectivity index (χ4n) is 6.66. The van der Waals surface area contributed by atoms with Crippen molar-refractivity contribution in [2.24, 2.45) is 20.5 Å². The highest BCUT2D eigenvalue weighted by atomic mass is 16.1. The number of nitrogens with zero attached hydrogens (tertiary/aromatic N) is 4. The Morgan fingerprint density at radius 1 is 0.571 bits per heavy atom. The van der Waals surface area contributed by atoms with E-state index in [0.717, 1.165) is 22.0 Å². The Balaban J connectivity index is 1.48. The molecule has 2 heterocycles. The van der Waals surface area contributed by atoms with Gasteiger partial charge in [-0.15, -0.1) is 20.5 Å². The summed E-state index contributed by atoms with van der Waals surface area (Å²) in [5, 5.41) is 31.2. The molecule has 0 saturated heterocycles. The largest absolute Gasteiger partial charge is 0.298 e. The fourth-order valence-corrected chi connectivity index (χ4v) is 6.66. The van der Waals surface area contributed by atoms with Crippen molar-refractivity contribution in [1.82, 2.24) is 0 Å². The lowest BCUT2D eigenvalue weighted by Crippen LogP contribution is -2.33. The van der Waals surface area contributed by atoms with E-state index >= 15 is 0 Å². The maximum atomic E-state index is 13.5. The van der Waals surface area contributed by atoms with Gasteiger partial charge in [-0.25, -0.2) is 0 Å². The summed E-state index contributed by atoms with van der Waals surface area (Å²) in [4.78, 5) is 13.5. The van der Waals surface area contributed by atoms with Crippen LogP contribution >= 0.6 is 0 Å². The van der Waals surface area contributed by atoms with E-state index in [1.54, 1.807) is 0 Å². The number of carbonyl (C=O) groups is 1. The molecule has 5 nitrogen and oxygen atoms in total. The van der Waals surface area contributed by atoms with Crippen LogP contribution in [0.5, 0.6) is 0 Å². The van der Waals surface area contributed by atoms with Crippen LogP contribution in [0.15, 0.2) is 99.0 Å². The molecule has 7 aromatic carbocycles. The van der Waals surface area contributed by atoms with Crippen molar-refractivity contribution in [3.8, 4) is 0 Å². The van der Waals surface area contributed by atoms with Crippen molar-refractivity contribution in [2.75, 3.05) is 0 Å². The van der Waals surface area contributed by atoms with Crippen molar-refractivity contribution >= 4 is 76.1 Å². The second-order valence-corrected chi connectivity index (χ2v) is 9.87. The average Bonchev–Trinajstić information content (AvgIpc) is 3.65. The molecule has 0 N–H and O–H groups in total. The molecule has 0 saturated carbocycles. The lowest BCUT2D eigenvalue weighted by atomic mass is 9.78. The van der Waals surface area contributed by atoms with Crippen molar-refractivity contribution in [3.05, 3.63) is 89.6 Å². The molecule has 0 atom stereocenters. The summed E-state index contributed by atoms with van der Waals surface area (Å²) in [5.74, 6) is -0.0983. The fraction of sp³-hybridized carbons (Fsp3) is 0.0333. The number of hydrogen-bond acceptors (Lipinski definition) is 5. The normalized spacial score (nSPS) is 17.7. The van der Waals surface area contributed by atoms with Crippen LogP contribution in [0.1, 0.15) is 15.9 Å². The molecule has 0 unspecified atom stereocenters. The zero-order valence-electron chi connectivity index (χ0n) is 18.1. The van der Waals surface area contributed by atoms with Gasteiger partial charge in [-0.2, -0.15) is 0 Å². The summed E-state index contributed by atoms with van der Waals surface area (Å²) in [6.45, 7) is 0. The van der Waals surface area contributed by atoms with E-state index in [1.165, 1.54) is 53.9 Å². The first-order chi connectivity index (χ1) is 17.2. The maximum absolute atomic E-state index is 13.5. The highest BCUT2D eigenvalue weighted by Gasteiger charge is 2.60. The summed E-state index contributed by atoms with van der Waals surface area (Å²) in [7, 11) is 0. The number of rotatable bonds is 0. The molecule has 35 heavy (non-hydrogen) atoms. The first-order valence-electron chi connectivity index (χ1n) is 11.7. The van der Waals surface area contributed by atoms with Crippen LogP contribution in [0.4, 0.5) is 0 Å². The smallest absolute Gasteiger partial charge is 0.289 e. The lowest BCUT2D eigenvalue weighted by molar-refractivity contribution is 0.0949. The minimum atomic E-state index is -1.15. The third-order valence-electron chi connectivity index (χ3n) is 8.23. The van der Waals surface area contributed by atoms with Crippen molar-refractivity contribution in [3.63, 3.8) is 0 Å². The van der Waals surface area contributed by atoms with E-state index in [9.17, 15) is 4.79 Å². The molecular formula is C30H12N4O. The van der Waals surface area contributed by atoms with E-state index in [4.69, 9.17) is 0 Å². The van der Waals surface area contributed by atoms with Crippen molar-refractivity contribution in [2.45, 2.75) is 5.66 Å². The van der Waals surface area contributed by atoms with Gasteiger partial charge >= 0.3 is 0 Å².